The summed E-state index contributed by atoms with van der Waals surface area (Å²) >= 11 is 0. The van der Waals surface area contributed by atoms with Gasteiger partial charge in [-0.1, -0.05) is 64.5 Å². The molecule has 1 aromatic rings. The smallest absolute Gasteiger partial charge is 0.460 e. The van der Waals surface area contributed by atoms with E-state index in [0.717, 1.165) is 49.7 Å². The lowest BCUT2D eigenvalue weighted by molar-refractivity contribution is -0.396. The molecule has 0 saturated heterocycles. The van der Waals surface area contributed by atoms with Crippen LogP contribution in [0.2, 0.25) is 0 Å². The van der Waals surface area contributed by atoms with Crippen molar-refractivity contribution in [3.05, 3.63) is 41.5 Å². The van der Waals surface area contributed by atoms with E-state index in [1.165, 1.54) is 0 Å². The van der Waals surface area contributed by atoms with Gasteiger partial charge in [0.05, 0.1) is 12.0 Å². The highest BCUT2D eigenvalue weighted by molar-refractivity contribution is 5.99. The number of phenolic OH excluding ortho intramolecular Hbond substituents is 1. The van der Waals surface area contributed by atoms with E-state index in [2.05, 4.69) is 13.5 Å². The van der Waals surface area contributed by atoms with Crippen LogP contribution < -0.4 is 0 Å². The zero-order valence-corrected chi connectivity index (χ0v) is 27.9. The summed E-state index contributed by atoms with van der Waals surface area (Å²) in [5, 5.41) is 31.1. The number of Topliss-reactive ketones (excluding diaryl/α,β-unsaturated/α-hetero) is 1. The number of alkyl halides is 9. The van der Waals surface area contributed by atoms with Gasteiger partial charge in [0.2, 0.25) is 0 Å². The highest BCUT2D eigenvalue weighted by Crippen LogP contribution is 2.65. The fraction of sp³-hybridized carbons (Fsp3) is 0.722. The predicted molar refractivity (Wildman–Crippen MR) is 165 cm³/mol. The van der Waals surface area contributed by atoms with Crippen molar-refractivity contribution in [3.63, 3.8) is 0 Å². The Hall–Kier alpha value is -2.77. The summed E-state index contributed by atoms with van der Waals surface area (Å²) in [6.45, 7) is 6.22. The molecule has 2 saturated carbocycles. The minimum absolute atomic E-state index is 0.0565. The molecule has 282 valence electrons. The summed E-state index contributed by atoms with van der Waals surface area (Å²) in [6, 6.07) is 5.13. The van der Waals surface area contributed by atoms with Gasteiger partial charge in [-0.15, -0.1) is 0 Å². The van der Waals surface area contributed by atoms with Gasteiger partial charge in [-0.2, -0.15) is 39.5 Å². The Bertz CT molecular complexity index is 1410. The van der Waals surface area contributed by atoms with Crippen molar-refractivity contribution in [2.24, 2.45) is 29.1 Å². The van der Waals surface area contributed by atoms with Gasteiger partial charge >= 0.3 is 29.9 Å². The molecule has 0 aliphatic heterocycles. The fourth-order valence-electron chi connectivity index (χ4n) is 8.79. The molecule has 5 nitrogen and oxygen atoms in total. The molecule has 0 spiro atoms. The van der Waals surface area contributed by atoms with Crippen LogP contribution in [0, 0.1) is 29.1 Å². The quantitative estimate of drug-likeness (QED) is 0.0895. The lowest BCUT2D eigenvalue weighted by atomic mass is 9.51. The van der Waals surface area contributed by atoms with Gasteiger partial charge in [-0.3, -0.25) is 9.59 Å². The number of fused-ring (bicyclic) bond motifs is 5. The van der Waals surface area contributed by atoms with Crippen molar-refractivity contribution in [2.45, 2.75) is 133 Å². The molecule has 0 heterocycles. The summed E-state index contributed by atoms with van der Waals surface area (Å²) in [4.78, 5) is 24.3. The van der Waals surface area contributed by atoms with Crippen LogP contribution in [-0.4, -0.2) is 51.0 Å². The highest BCUT2D eigenvalue weighted by Gasteiger charge is 2.81. The lowest BCUT2D eigenvalue weighted by Crippen LogP contribution is -2.60. The van der Waals surface area contributed by atoms with Crippen LogP contribution in [-0.2, 0) is 9.59 Å². The SMILES string of the molecule is C=C1C(=O)CC2C3C(CC[C@]12C)c1ccc(O)cc1[C@H](O)[C@H]3CCCCCCCCCC(CCC(F)(F)C(F)(F)C(F)(F)C(F)(F)F)C(=O)O. The van der Waals surface area contributed by atoms with E-state index >= 15 is 0 Å². The number of hydrogen-bond donors (Lipinski definition) is 3. The Labute approximate surface area is 285 Å². The zero-order valence-electron chi connectivity index (χ0n) is 27.9. The van der Waals surface area contributed by atoms with Crippen LogP contribution in [0.3, 0.4) is 0 Å². The van der Waals surface area contributed by atoms with Crippen molar-refractivity contribution in [1.29, 1.82) is 0 Å². The number of aliphatic carboxylic acids is 1. The van der Waals surface area contributed by atoms with Gasteiger partial charge in [-0.05, 0) is 90.0 Å². The number of allylic oxidation sites excluding steroid dienone is 1. The number of benzene rings is 1. The number of unbranched alkanes of at least 4 members (excludes halogenated alkanes) is 6. The van der Waals surface area contributed by atoms with E-state index in [-0.39, 0.29) is 53.5 Å². The van der Waals surface area contributed by atoms with Crippen LogP contribution in [0.5, 0.6) is 5.75 Å². The topological polar surface area (TPSA) is 94.8 Å². The van der Waals surface area contributed by atoms with E-state index < -0.39 is 54.8 Å². The number of hydrogen-bond acceptors (Lipinski definition) is 4. The third-order valence-electron chi connectivity index (χ3n) is 11.8. The van der Waals surface area contributed by atoms with Crippen LogP contribution in [0.4, 0.5) is 39.5 Å². The number of carboxylic acids is 1. The Balaban J connectivity index is 1.24. The molecule has 0 amide bonds. The van der Waals surface area contributed by atoms with E-state index in [9.17, 15) is 64.4 Å². The lowest BCUT2D eigenvalue weighted by Gasteiger charge is -2.53. The first-order valence-electron chi connectivity index (χ1n) is 17.2. The molecule has 4 rings (SSSR count). The normalized spacial score (nSPS) is 27.9. The monoisotopic (exact) mass is 728 g/mol. The summed E-state index contributed by atoms with van der Waals surface area (Å²) in [7, 11) is 0. The van der Waals surface area contributed by atoms with Crippen molar-refractivity contribution in [3.8, 4) is 5.75 Å². The number of halogens is 9. The number of phenols is 1. The third-order valence-corrected chi connectivity index (χ3v) is 11.8. The maximum absolute atomic E-state index is 13.9. The van der Waals surface area contributed by atoms with Gasteiger partial charge in [0.25, 0.3) is 0 Å². The molecule has 1 aromatic carbocycles. The van der Waals surface area contributed by atoms with Crippen LogP contribution >= 0.6 is 0 Å². The molecule has 3 aliphatic carbocycles. The maximum Gasteiger partial charge on any atom is 0.460 e. The van der Waals surface area contributed by atoms with E-state index in [4.69, 9.17) is 0 Å². The molecule has 50 heavy (non-hydrogen) atoms. The second kappa shape index (κ2) is 14.7. The van der Waals surface area contributed by atoms with Crippen molar-refractivity contribution in [2.75, 3.05) is 0 Å². The first kappa shape index (κ1) is 40.0. The number of aliphatic hydroxyl groups is 1. The number of ketones is 1. The molecule has 0 bridgehead atoms. The average molecular weight is 729 g/mol. The summed E-state index contributed by atoms with van der Waals surface area (Å²) in [6.07, 6.45) is -4.14. The van der Waals surface area contributed by atoms with Crippen LogP contribution in [0.25, 0.3) is 0 Å². The Morgan fingerprint density at radius 1 is 0.920 bits per heavy atom. The van der Waals surface area contributed by atoms with E-state index in [0.29, 0.717) is 31.3 Å². The van der Waals surface area contributed by atoms with E-state index in [1.54, 1.807) is 12.1 Å². The van der Waals surface area contributed by atoms with Gasteiger partial charge < -0.3 is 15.3 Å². The highest BCUT2D eigenvalue weighted by atomic mass is 19.4. The molecule has 4 unspecified atom stereocenters. The molecule has 3 N–H and O–H groups in total. The molecular formula is C36H45F9O5. The second-order valence-electron chi connectivity index (χ2n) is 14.8. The molecule has 7 atom stereocenters. The minimum atomic E-state index is -7.00. The standard InChI is InChI=1S/C36H45F9O5/c1-20-28(47)19-27-29-24(15-16-32(20,27)2)23-13-12-22(46)18-26(23)30(48)25(29)11-9-7-5-3-4-6-8-10-21(31(49)50)14-17-33(37,38)34(39,40)35(41,42)36(43,44)45/h12-13,18,21,24-25,27,29-30,46,48H,1,3-11,14-17,19H2,2H3,(H,49,50)/t21?,24?,25-,27?,29?,30+,32+/m0/s1. The van der Waals surface area contributed by atoms with Crippen molar-refractivity contribution in [1.82, 2.24) is 0 Å². The van der Waals surface area contributed by atoms with Crippen LogP contribution in [0.15, 0.2) is 30.4 Å². The van der Waals surface area contributed by atoms with Gasteiger partial charge in [-0.25, -0.2) is 0 Å². The number of aromatic hydroxyl groups is 1. The first-order chi connectivity index (χ1) is 23.1. The number of carboxylic acid groups (broad SMARTS) is 1. The van der Waals surface area contributed by atoms with Gasteiger partial charge in [0.15, 0.2) is 5.78 Å². The molecule has 14 heteroatoms. The number of aliphatic hydroxyl groups excluding tert-OH is 1. The first-order valence-corrected chi connectivity index (χ1v) is 17.2. The summed E-state index contributed by atoms with van der Waals surface area (Å²) < 4.78 is 118. The fourth-order valence-corrected chi connectivity index (χ4v) is 8.79. The molecule has 3 aliphatic rings. The summed E-state index contributed by atoms with van der Waals surface area (Å²) in [5.41, 5.74) is 2.08. The minimum Gasteiger partial charge on any atom is -0.508 e. The largest absolute Gasteiger partial charge is 0.508 e. The predicted octanol–water partition coefficient (Wildman–Crippen LogP) is 10.2. The van der Waals surface area contributed by atoms with Crippen molar-refractivity contribution >= 4 is 11.8 Å². The van der Waals surface area contributed by atoms with Gasteiger partial charge in [0, 0.05) is 12.8 Å². The Morgan fingerprint density at radius 3 is 2.12 bits per heavy atom. The Kier molecular flexibility index (Phi) is 11.8. The van der Waals surface area contributed by atoms with Gasteiger partial charge in [0.1, 0.15) is 5.75 Å². The number of carbonyl (C=O) groups excluding carboxylic acids is 1. The zero-order chi connectivity index (χ0) is 37.4. The second-order valence-corrected chi connectivity index (χ2v) is 14.8. The van der Waals surface area contributed by atoms with Crippen molar-refractivity contribution < 1.29 is 64.4 Å². The molecule has 0 aromatic heterocycles. The number of carbonyl (C=O) groups is 2. The maximum atomic E-state index is 13.9. The van der Waals surface area contributed by atoms with Crippen LogP contribution in [0.1, 0.15) is 120 Å². The molecule has 0 radical (unpaired) electrons. The molecular weight excluding hydrogens is 683 g/mol. The number of rotatable bonds is 16. The van der Waals surface area contributed by atoms with E-state index in [1.807, 2.05) is 6.07 Å². The Morgan fingerprint density at radius 2 is 1.52 bits per heavy atom. The molecule has 2 fully saturated rings. The average Bonchev–Trinajstić information content (AvgIpc) is 3.25. The third kappa shape index (κ3) is 7.42. The summed E-state index contributed by atoms with van der Waals surface area (Å²) in [5.74, 6) is -22.5.